The summed E-state index contributed by atoms with van der Waals surface area (Å²) in [4.78, 5) is 20.0. The number of benzene rings is 2. The zero-order valence-electron chi connectivity index (χ0n) is 20.2. The number of anilines is 2. The highest BCUT2D eigenvalue weighted by molar-refractivity contribution is 5.99. The molecule has 3 aromatic rings. The molecule has 0 unspecified atom stereocenters. The number of hydrogen-bond donors (Lipinski definition) is 1. The Labute approximate surface area is 207 Å². The molecular weight excluding hydrogens is 469 g/mol. The fourth-order valence-corrected chi connectivity index (χ4v) is 4.79. The molecule has 5 rings (SSSR count). The van der Waals surface area contributed by atoms with Crippen molar-refractivity contribution in [2.45, 2.75) is 26.3 Å². The lowest BCUT2D eigenvalue weighted by Gasteiger charge is -2.33. The Morgan fingerprint density at radius 3 is 2.50 bits per heavy atom. The summed E-state index contributed by atoms with van der Waals surface area (Å²) in [5.41, 5.74) is 2.42. The lowest BCUT2D eigenvalue weighted by atomic mass is 10.0. The Morgan fingerprint density at radius 1 is 1.00 bits per heavy atom. The standard InChI is InChI=1S/C27H27F3N4O2/c1-16(2)34-25-12-18(11-22(29)27(25)36-15-26(34)35)20-13-19(32-14-23(20)30)9-17-3-4-24(21(28)10-17)33-7-5-31-6-8-33/h3-4,10-14,16,31H,5-9,15H2,1-2H3. The largest absolute Gasteiger partial charge is 0.478 e. The minimum absolute atomic E-state index is 0.0261. The topological polar surface area (TPSA) is 57.7 Å². The van der Waals surface area contributed by atoms with Crippen molar-refractivity contribution in [3.63, 3.8) is 0 Å². The number of carbonyl (C=O) groups excluding carboxylic acids is 1. The van der Waals surface area contributed by atoms with E-state index in [9.17, 15) is 18.0 Å². The number of carbonyl (C=O) groups is 1. The second-order valence-corrected chi connectivity index (χ2v) is 9.31. The van der Waals surface area contributed by atoms with Crippen molar-refractivity contribution in [2.24, 2.45) is 0 Å². The van der Waals surface area contributed by atoms with Crippen LogP contribution in [0.2, 0.25) is 0 Å². The van der Waals surface area contributed by atoms with Crippen molar-refractivity contribution in [3.8, 4) is 16.9 Å². The molecule has 1 fully saturated rings. The van der Waals surface area contributed by atoms with Crippen LogP contribution in [0.5, 0.6) is 5.75 Å². The summed E-state index contributed by atoms with van der Waals surface area (Å²) in [6.45, 7) is 6.47. The average Bonchev–Trinajstić information content (AvgIpc) is 2.85. The van der Waals surface area contributed by atoms with Gasteiger partial charge >= 0.3 is 0 Å². The van der Waals surface area contributed by atoms with Gasteiger partial charge in [0, 0.05) is 49.9 Å². The molecule has 2 aromatic carbocycles. The molecule has 1 N–H and O–H groups in total. The average molecular weight is 497 g/mol. The van der Waals surface area contributed by atoms with E-state index in [0.29, 0.717) is 16.9 Å². The van der Waals surface area contributed by atoms with Gasteiger partial charge in [-0.05, 0) is 55.3 Å². The number of pyridine rings is 1. The summed E-state index contributed by atoms with van der Waals surface area (Å²) >= 11 is 0. The lowest BCUT2D eigenvalue weighted by Crippen LogP contribution is -2.43. The van der Waals surface area contributed by atoms with E-state index >= 15 is 0 Å². The van der Waals surface area contributed by atoms with Crippen molar-refractivity contribution in [3.05, 3.63) is 71.3 Å². The van der Waals surface area contributed by atoms with E-state index < -0.39 is 11.6 Å². The normalized spacial score (nSPS) is 15.8. The molecule has 0 aliphatic carbocycles. The molecule has 1 saturated heterocycles. The number of fused-ring (bicyclic) bond motifs is 1. The maximum atomic E-state index is 14.9. The van der Waals surface area contributed by atoms with E-state index in [-0.39, 0.29) is 53.4 Å². The van der Waals surface area contributed by atoms with Gasteiger partial charge in [-0.15, -0.1) is 0 Å². The minimum atomic E-state index is -0.677. The molecule has 188 valence electrons. The number of rotatable bonds is 5. The van der Waals surface area contributed by atoms with E-state index in [1.54, 1.807) is 12.1 Å². The second-order valence-electron chi connectivity index (χ2n) is 9.31. The van der Waals surface area contributed by atoms with Crippen LogP contribution in [0.25, 0.3) is 11.1 Å². The predicted molar refractivity (Wildman–Crippen MR) is 132 cm³/mol. The molecule has 3 heterocycles. The molecule has 0 bridgehead atoms. The van der Waals surface area contributed by atoms with Gasteiger partial charge < -0.3 is 19.9 Å². The third-order valence-electron chi connectivity index (χ3n) is 6.49. The summed E-state index contributed by atoms with van der Waals surface area (Å²) in [7, 11) is 0. The Morgan fingerprint density at radius 2 is 1.78 bits per heavy atom. The van der Waals surface area contributed by atoms with Crippen LogP contribution in [0.3, 0.4) is 0 Å². The minimum Gasteiger partial charge on any atom is -0.478 e. The molecule has 1 aromatic heterocycles. The molecule has 0 atom stereocenters. The molecular formula is C27H27F3N4O2. The van der Waals surface area contributed by atoms with Gasteiger partial charge in [0.05, 0.1) is 17.6 Å². The first-order valence-electron chi connectivity index (χ1n) is 12.0. The van der Waals surface area contributed by atoms with E-state index in [1.807, 2.05) is 24.8 Å². The van der Waals surface area contributed by atoms with E-state index in [4.69, 9.17) is 4.74 Å². The second kappa shape index (κ2) is 9.81. The van der Waals surface area contributed by atoms with Crippen LogP contribution in [0, 0.1) is 17.5 Å². The monoisotopic (exact) mass is 496 g/mol. The van der Waals surface area contributed by atoms with Crippen molar-refractivity contribution >= 4 is 17.3 Å². The van der Waals surface area contributed by atoms with Crippen LogP contribution in [-0.2, 0) is 11.2 Å². The summed E-state index contributed by atoms with van der Waals surface area (Å²) in [5, 5.41) is 3.25. The van der Waals surface area contributed by atoms with Gasteiger partial charge in [0.2, 0.25) is 0 Å². The number of ether oxygens (including phenoxy) is 1. The first-order chi connectivity index (χ1) is 17.3. The highest BCUT2D eigenvalue weighted by Crippen LogP contribution is 2.40. The molecule has 6 nitrogen and oxygen atoms in total. The third kappa shape index (κ3) is 4.63. The maximum absolute atomic E-state index is 14.9. The van der Waals surface area contributed by atoms with Gasteiger partial charge in [0.25, 0.3) is 5.91 Å². The van der Waals surface area contributed by atoms with Crippen LogP contribution in [-0.4, -0.2) is 49.7 Å². The zero-order chi connectivity index (χ0) is 25.4. The third-order valence-corrected chi connectivity index (χ3v) is 6.49. The summed E-state index contributed by atoms with van der Waals surface area (Å²) < 4.78 is 50.0. The number of nitrogens with one attached hydrogen (secondary N) is 1. The number of amides is 1. The van der Waals surface area contributed by atoms with Gasteiger partial charge in [0.15, 0.2) is 18.2 Å². The van der Waals surface area contributed by atoms with Crippen molar-refractivity contribution in [1.29, 1.82) is 0 Å². The molecule has 36 heavy (non-hydrogen) atoms. The van der Waals surface area contributed by atoms with Crippen LogP contribution in [0.4, 0.5) is 24.5 Å². The van der Waals surface area contributed by atoms with Gasteiger partial charge in [-0.2, -0.15) is 0 Å². The van der Waals surface area contributed by atoms with Gasteiger partial charge in [-0.1, -0.05) is 6.07 Å². The van der Waals surface area contributed by atoms with Crippen LogP contribution < -0.4 is 19.9 Å². The smallest absolute Gasteiger partial charge is 0.265 e. The number of hydrogen-bond acceptors (Lipinski definition) is 5. The Balaban J connectivity index is 1.45. The predicted octanol–water partition coefficient (Wildman–Crippen LogP) is 4.30. The lowest BCUT2D eigenvalue weighted by molar-refractivity contribution is -0.121. The Hall–Kier alpha value is -3.59. The highest BCUT2D eigenvalue weighted by Gasteiger charge is 2.31. The first-order valence-corrected chi connectivity index (χ1v) is 12.0. The summed E-state index contributed by atoms with van der Waals surface area (Å²) in [6.07, 6.45) is 1.36. The molecule has 2 aliphatic rings. The van der Waals surface area contributed by atoms with E-state index in [0.717, 1.165) is 32.4 Å². The zero-order valence-corrected chi connectivity index (χ0v) is 20.2. The fraction of sp³-hybridized carbons (Fsp3) is 0.333. The maximum Gasteiger partial charge on any atom is 0.265 e. The molecule has 0 saturated carbocycles. The molecule has 0 radical (unpaired) electrons. The highest BCUT2D eigenvalue weighted by atomic mass is 19.1. The number of piperazine rings is 1. The van der Waals surface area contributed by atoms with Crippen molar-refractivity contribution in [1.82, 2.24) is 10.3 Å². The van der Waals surface area contributed by atoms with Crippen LogP contribution >= 0.6 is 0 Å². The number of halogens is 3. The Bertz CT molecular complexity index is 1310. The number of aromatic nitrogens is 1. The van der Waals surface area contributed by atoms with E-state index in [2.05, 4.69) is 10.3 Å². The van der Waals surface area contributed by atoms with Gasteiger partial charge in [-0.25, -0.2) is 13.2 Å². The summed E-state index contributed by atoms with van der Waals surface area (Å²) in [5.74, 6) is -1.94. The quantitative estimate of drug-likeness (QED) is 0.571. The molecule has 2 aliphatic heterocycles. The molecule has 0 spiro atoms. The van der Waals surface area contributed by atoms with Crippen molar-refractivity contribution in [2.75, 3.05) is 42.6 Å². The van der Waals surface area contributed by atoms with Crippen LogP contribution in [0.1, 0.15) is 25.1 Å². The number of nitrogens with zero attached hydrogens (tertiary/aromatic N) is 3. The van der Waals surface area contributed by atoms with Crippen molar-refractivity contribution < 1.29 is 22.7 Å². The molecule has 9 heteroatoms. The fourth-order valence-electron chi connectivity index (χ4n) is 4.79. The van der Waals surface area contributed by atoms with Gasteiger partial charge in [-0.3, -0.25) is 9.78 Å². The van der Waals surface area contributed by atoms with E-state index in [1.165, 1.54) is 23.1 Å². The first kappa shape index (κ1) is 24.1. The molecule has 1 amide bonds. The Kier molecular flexibility index (Phi) is 6.57. The summed E-state index contributed by atoms with van der Waals surface area (Å²) in [6, 6.07) is 9.13. The van der Waals surface area contributed by atoms with Gasteiger partial charge in [0.1, 0.15) is 11.6 Å². The van der Waals surface area contributed by atoms with Crippen LogP contribution in [0.15, 0.2) is 42.6 Å². The SMILES string of the molecule is CC(C)N1C(=O)COc2c(F)cc(-c3cc(Cc4ccc(N5CCNCC5)c(F)c4)ncc3F)cc21.